The summed E-state index contributed by atoms with van der Waals surface area (Å²) in [6.07, 6.45) is 1.50. The van der Waals surface area contributed by atoms with Gasteiger partial charge in [0.25, 0.3) is 0 Å². The van der Waals surface area contributed by atoms with E-state index in [0.717, 1.165) is 9.24 Å². The standard InChI is InChI=1S/C9H6N4S2/c10-4-6-1-2-7(11)8(3-6)14-9-12-5-13-15-9/h1-3,5H,11H2. The van der Waals surface area contributed by atoms with Gasteiger partial charge in [0.2, 0.25) is 0 Å². The Balaban J connectivity index is 2.32. The first kappa shape index (κ1) is 9.96. The van der Waals surface area contributed by atoms with Crippen molar-refractivity contribution in [3.63, 3.8) is 0 Å². The van der Waals surface area contributed by atoms with Crippen LogP contribution >= 0.6 is 23.3 Å². The SMILES string of the molecule is N#Cc1ccc(N)c(Sc2ncns2)c1. The fourth-order valence-electron chi connectivity index (χ4n) is 0.994. The largest absolute Gasteiger partial charge is 0.398 e. The number of nitrogens with zero attached hydrogens (tertiary/aromatic N) is 3. The van der Waals surface area contributed by atoms with E-state index in [4.69, 9.17) is 11.0 Å². The summed E-state index contributed by atoms with van der Waals surface area (Å²) in [6, 6.07) is 7.24. The smallest absolute Gasteiger partial charge is 0.174 e. The Kier molecular flexibility index (Phi) is 2.85. The minimum absolute atomic E-state index is 0.594. The van der Waals surface area contributed by atoms with Gasteiger partial charge in [0, 0.05) is 10.6 Å². The van der Waals surface area contributed by atoms with Gasteiger partial charge in [-0.2, -0.15) is 9.64 Å². The first-order valence-electron chi connectivity index (χ1n) is 4.04. The van der Waals surface area contributed by atoms with Crippen LogP contribution in [0.3, 0.4) is 0 Å². The maximum Gasteiger partial charge on any atom is 0.174 e. The zero-order chi connectivity index (χ0) is 10.7. The van der Waals surface area contributed by atoms with Crippen molar-refractivity contribution < 1.29 is 0 Å². The van der Waals surface area contributed by atoms with Gasteiger partial charge in [-0.25, -0.2) is 4.98 Å². The lowest BCUT2D eigenvalue weighted by Crippen LogP contribution is -1.89. The van der Waals surface area contributed by atoms with Crippen LogP contribution in [0.1, 0.15) is 5.56 Å². The van der Waals surface area contributed by atoms with Crippen molar-refractivity contribution in [2.75, 3.05) is 5.73 Å². The van der Waals surface area contributed by atoms with Crippen molar-refractivity contribution in [2.45, 2.75) is 9.24 Å². The predicted molar refractivity (Wildman–Crippen MR) is 59.6 cm³/mol. The molecule has 74 valence electrons. The number of rotatable bonds is 2. The van der Waals surface area contributed by atoms with Gasteiger partial charge >= 0.3 is 0 Å². The van der Waals surface area contributed by atoms with Crippen LogP contribution in [-0.4, -0.2) is 9.36 Å². The van der Waals surface area contributed by atoms with Gasteiger partial charge in [-0.1, -0.05) is 11.8 Å². The van der Waals surface area contributed by atoms with Crippen LogP contribution in [0.2, 0.25) is 0 Å². The Hall–Kier alpha value is -1.58. The second-order valence-electron chi connectivity index (χ2n) is 2.67. The molecule has 6 heteroatoms. The van der Waals surface area contributed by atoms with Gasteiger partial charge in [0.1, 0.15) is 6.33 Å². The third kappa shape index (κ3) is 2.26. The van der Waals surface area contributed by atoms with E-state index in [9.17, 15) is 0 Å². The number of anilines is 1. The van der Waals surface area contributed by atoms with Crippen LogP contribution in [0, 0.1) is 11.3 Å². The summed E-state index contributed by atoms with van der Waals surface area (Å²) >= 11 is 2.72. The van der Waals surface area contributed by atoms with Gasteiger partial charge in [0.05, 0.1) is 11.6 Å². The highest BCUT2D eigenvalue weighted by atomic mass is 32.2. The monoisotopic (exact) mass is 234 g/mol. The Labute approximate surface area is 94.9 Å². The van der Waals surface area contributed by atoms with Crippen LogP contribution in [0.4, 0.5) is 5.69 Å². The lowest BCUT2D eigenvalue weighted by molar-refractivity contribution is 1.21. The van der Waals surface area contributed by atoms with Crippen molar-refractivity contribution in [1.29, 1.82) is 5.26 Å². The molecule has 0 radical (unpaired) electrons. The molecule has 2 aromatic rings. The minimum Gasteiger partial charge on any atom is -0.398 e. The Morgan fingerprint density at radius 1 is 1.47 bits per heavy atom. The Morgan fingerprint density at radius 2 is 2.33 bits per heavy atom. The summed E-state index contributed by atoms with van der Waals surface area (Å²) in [5.74, 6) is 0. The van der Waals surface area contributed by atoms with Gasteiger partial charge in [0.15, 0.2) is 4.34 Å². The van der Waals surface area contributed by atoms with Crippen LogP contribution in [0.5, 0.6) is 0 Å². The maximum atomic E-state index is 8.75. The van der Waals surface area contributed by atoms with Crippen LogP contribution in [-0.2, 0) is 0 Å². The number of hydrogen-bond donors (Lipinski definition) is 1. The zero-order valence-corrected chi connectivity index (χ0v) is 9.18. The quantitative estimate of drug-likeness (QED) is 0.806. The van der Waals surface area contributed by atoms with Gasteiger partial charge < -0.3 is 5.73 Å². The van der Waals surface area contributed by atoms with E-state index in [-0.39, 0.29) is 0 Å². The number of nitriles is 1. The molecule has 0 fully saturated rings. The molecule has 0 bridgehead atoms. The molecule has 0 amide bonds. The summed E-state index contributed by atoms with van der Waals surface area (Å²) in [7, 11) is 0. The molecule has 0 aliphatic rings. The van der Waals surface area contributed by atoms with E-state index in [0.29, 0.717) is 11.3 Å². The van der Waals surface area contributed by atoms with E-state index in [2.05, 4.69) is 15.4 Å². The fourth-order valence-corrected chi connectivity index (χ4v) is 2.48. The van der Waals surface area contributed by atoms with Crippen molar-refractivity contribution in [3.05, 3.63) is 30.1 Å². The van der Waals surface area contributed by atoms with Crippen LogP contribution in [0.15, 0.2) is 33.8 Å². The molecule has 0 aliphatic carbocycles. The van der Waals surface area contributed by atoms with Crippen molar-refractivity contribution >= 4 is 29.0 Å². The number of aromatic nitrogens is 2. The Bertz CT molecular complexity index is 501. The normalized spacial score (nSPS) is 9.80. The van der Waals surface area contributed by atoms with E-state index < -0.39 is 0 Å². The van der Waals surface area contributed by atoms with Crippen molar-refractivity contribution in [3.8, 4) is 6.07 Å². The third-order valence-electron chi connectivity index (χ3n) is 1.68. The molecule has 0 atom stereocenters. The molecule has 15 heavy (non-hydrogen) atoms. The van der Waals surface area contributed by atoms with Crippen molar-refractivity contribution in [1.82, 2.24) is 9.36 Å². The van der Waals surface area contributed by atoms with E-state index in [1.54, 1.807) is 18.2 Å². The second kappa shape index (κ2) is 4.29. The molecule has 2 rings (SSSR count). The summed E-state index contributed by atoms with van der Waals surface area (Å²) < 4.78 is 4.71. The highest BCUT2D eigenvalue weighted by molar-refractivity contribution is 8.01. The van der Waals surface area contributed by atoms with Gasteiger partial charge in [-0.15, -0.1) is 0 Å². The summed E-state index contributed by atoms with van der Waals surface area (Å²) in [4.78, 5) is 4.88. The van der Waals surface area contributed by atoms with Crippen molar-refractivity contribution in [2.24, 2.45) is 0 Å². The lowest BCUT2D eigenvalue weighted by Gasteiger charge is -2.02. The maximum absolute atomic E-state index is 8.75. The lowest BCUT2D eigenvalue weighted by atomic mass is 10.2. The molecular formula is C9H6N4S2. The number of nitrogen functional groups attached to an aromatic ring is 1. The number of hydrogen-bond acceptors (Lipinski definition) is 6. The molecule has 1 aromatic carbocycles. The van der Waals surface area contributed by atoms with Crippen LogP contribution in [0.25, 0.3) is 0 Å². The zero-order valence-electron chi connectivity index (χ0n) is 7.54. The average molecular weight is 234 g/mol. The molecule has 0 saturated heterocycles. The molecule has 0 unspecified atom stereocenters. The topological polar surface area (TPSA) is 75.6 Å². The molecule has 1 aromatic heterocycles. The van der Waals surface area contributed by atoms with Gasteiger partial charge in [-0.3, -0.25) is 0 Å². The highest BCUT2D eigenvalue weighted by Crippen LogP contribution is 2.32. The average Bonchev–Trinajstić information content (AvgIpc) is 2.74. The summed E-state index contributed by atoms with van der Waals surface area (Å²) in [5.41, 5.74) is 7.03. The molecule has 0 saturated carbocycles. The second-order valence-corrected chi connectivity index (χ2v) is 4.74. The number of nitrogens with two attached hydrogens (primary N) is 1. The fraction of sp³-hybridized carbons (Fsp3) is 0. The first-order valence-corrected chi connectivity index (χ1v) is 5.63. The molecule has 2 N–H and O–H groups in total. The minimum atomic E-state index is 0.594. The molecular weight excluding hydrogens is 228 g/mol. The number of benzene rings is 1. The molecule has 0 aliphatic heterocycles. The highest BCUT2D eigenvalue weighted by Gasteiger charge is 2.05. The molecule has 1 heterocycles. The van der Waals surface area contributed by atoms with E-state index in [1.165, 1.54) is 29.6 Å². The predicted octanol–water partition coefficient (Wildman–Crippen LogP) is 2.14. The van der Waals surface area contributed by atoms with E-state index >= 15 is 0 Å². The summed E-state index contributed by atoms with van der Waals surface area (Å²) in [6.45, 7) is 0. The third-order valence-corrected chi connectivity index (χ3v) is 3.47. The molecule has 4 nitrogen and oxygen atoms in total. The summed E-state index contributed by atoms with van der Waals surface area (Å²) in [5, 5.41) is 8.75. The first-order chi connectivity index (χ1) is 7.29. The molecule has 0 spiro atoms. The van der Waals surface area contributed by atoms with Gasteiger partial charge in [-0.05, 0) is 29.7 Å². The van der Waals surface area contributed by atoms with E-state index in [1.807, 2.05) is 0 Å². The van der Waals surface area contributed by atoms with Crippen LogP contribution < -0.4 is 5.73 Å². The Morgan fingerprint density at radius 3 is 3.00 bits per heavy atom.